The summed E-state index contributed by atoms with van der Waals surface area (Å²) in [6.07, 6.45) is 1.41. The Morgan fingerprint density at radius 2 is 2.10 bits per heavy atom. The summed E-state index contributed by atoms with van der Waals surface area (Å²) < 4.78 is 5.06. The molecule has 1 aromatic carbocycles. The Morgan fingerprint density at radius 3 is 2.85 bits per heavy atom. The molecule has 0 aliphatic heterocycles. The number of H-pyrrole nitrogens is 1. The maximum atomic E-state index is 9.44. The van der Waals surface area contributed by atoms with Crippen molar-refractivity contribution in [2.24, 2.45) is 0 Å². The van der Waals surface area contributed by atoms with Gasteiger partial charge in [0.05, 0.1) is 11.8 Å². The molecule has 98 valence electrons. The minimum Gasteiger partial charge on any atom is -0.504 e. The summed E-state index contributed by atoms with van der Waals surface area (Å²) in [7, 11) is 0. The summed E-state index contributed by atoms with van der Waals surface area (Å²) >= 11 is 0. The monoisotopic (exact) mass is 269 g/mol. The number of rotatable bonds is 2. The second kappa shape index (κ2) is 4.40. The lowest BCUT2D eigenvalue weighted by atomic mass is 10.2. The van der Waals surface area contributed by atoms with Gasteiger partial charge < -0.3 is 14.7 Å². The molecule has 2 aromatic heterocycles. The summed E-state index contributed by atoms with van der Waals surface area (Å²) in [5.41, 5.74) is 1.08. The van der Waals surface area contributed by atoms with Gasteiger partial charge in [0.2, 0.25) is 5.82 Å². The van der Waals surface area contributed by atoms with Crippen molar-refractivity contribution in [3.8, 4) is 40.4 Å². The predicted octanol–water partition coefficient (Wildman–Crippen LogP) is 1.41. The first-order chi connectivity index (χ1) is 9.69. The molecule has 2 heterocycles. The van der Waals surface area contributed by atoms with E-state index in [1.165, 1.54) is 24.4 Å². The van der Waals surface area contributed by atoms with Crippen LogP contribution in [-0.4, -0.2) is 30.6 Å². The zero-order chi connectivity index (χ0) is 14.1. The van der Waals surface area contributed by atoms with Crippen LogP contribution in [0.15, 0.2) is 28.9 Å². The molecule has 0 aliphatic rings. The van der Waals surface area contributed by atoms with Gasteiger partial charge in [-0.2, -0.15) is 15.3 Å². The molecule has 3 N–H and O–H groups in total. The third-order valence-corrected chi connectivity index (χ3v) is 2.64. The first kappa shape index (κ1) is 11.7. The minimum absolute atomic E-state index is 0.137. The van der Waals surface area contributed by atoms with Crippen molar-refractivity contribution in [1.29, 1.82) is 5.26 Å². The number of aromatic hydroxyl groups is 2. The number of benzene rings is 1. The average molecular weight is 269 g/mol. The summed E-state index contributed by atoms with van der Waals surface area (Å²) in [5.74, 6) is -0.160. The van der Waals surface area contributed by atoms with Crippen LogP contribution in [0.4, 0.5) is 0 Å². The van der Waals surface area contributed by atoms with Crippen LogP contribution in [0.1, 0.15) is 5.69 Å². The van der Waals surface area contributed by atoms with Gasteiger partial charge in [-0.25, -0.2) is 0 Å². The standard InChI is InChI=1S/C12H7N5O3/c13-4-8-7(5-14-16-8)12-15-11(17-20-12)6-1-2-9(18)10(19)3-6/h1-3,5,18-19H,(H,14,16). The highest BCUT2D eigenvalue weighted by Crippen LogP contribution is 2.30. The van der Waals surface area contributed by atoms with Gasteiger partial charge in [-0.3, -0.25) is 5.10 Å². The Labute approximate surface area is 111 Å². The summed E-state index contributed by atoms with van der Waals surface area (Å²) in [5, 5.41) is 37.6. The first-order valence-electron chi connectivity index (χ1n) is 5.49. The molecule has 0 bridgehead atoms. The zero-order valence-electron chi connectivity index (χ0n) is 9.90. The van der Waals surface area contributed by atoms with E-state index in [4.69, 9.17) is 9.78 Å². The van der Waals surface area contributed by atoms with E-state index in [-0.39, 0.29) is 28.9 Å². The fourth-order valence-electron chi connectivity index (χ4n) is 1.65. The number of aromatic amines is 1. The Hall–Kier alpha value is -3.34. The molecule has 3 rings (SSSR count). The molecule has 0 radical (unpaired) electrons. The summed E-state index contributed by atoms with van der Waals surface area (Å²) in [6, 6.07) is 6.08. The van der Waals surface area contributed by atoms with Crippen molar-refractivity contribution in [3.63, 3.8) is 0 Å². The van der Waals surface area contributed by atoms with Crippen LogP contribution in [0, 0.1) is 11.3 Å². The van der Waals surface area contributed by atoms with Crippen molar-refractivity contribution < 1.29 is 14.7 Å². The SMILES string of the molecule is N#Cc1[nH]ncc1-c1nc(-c2ccc(O)c(O)c2)no1. The van der Waals surface area contributed by atoms with Gasteiger partial charge in [-0.1, -0.05) is 5.16 Å². The number of aromatic nitrogens is 4. The second-order valence-corrected chi connectivity index (χ2v) is 3.90. The number of phenols is 2. The van der Waals surface area contributed by atoms with E-state index < -0.39 is 0 Å². The van der Waals surface area contributed by atoms with Crippen LogP contribution in [0.2, 0.25) is 0 Å². The van der Waals surface area contributed by atoms with Crippen LogP contribution < -0.4 is 0 Å². The van der Waals surface area contributed by atoms with Crippen molar-refractivity contribution in [3.05, 3.63) is 30.1 Å². The maximum absolute atomic E-state index is 9.44. The molecular formula is C12H7N5O3. The molecule has 8 nitrogen and oxygen atoms in total. The lowest BCUT2D eigenvalue weighted by Crippen LogP contribution is -1.82. The van der Waals surface area contributed by atoms with Crippen molar-refractivity contribution in [2.45, 2.75) is 0 Å². The minimum atomic E-state index is -0.283. The van der Waals surface area contributed by atoms with E-state index in [9.17, 15) is 10.2 Å². The lowest BCUT2D eigenvalue weighted by molar-refractivity contribution is 0.404. The van der Waals surface area contributed by atoms with Crippen molar-refractivity contribution >= 4 is 0 Å². The summed E-state index contributed by atoms with van der Waals surface area (Å²) in [6.45, 7) is 0. The molecule has 8 heteroatoms. The van der Waals surface area contributed by atoms with Gasteiger partial charge >= 0.3 is 0 Å². The second-order valence-electron chi connectivity index (χ2n) is 3.90. The molecule has 0 aliphatic carbocycles. The number of nitrogens with one attached hydrogen (secondary N) is 1. The van der Waals surface area contributed by atoms with Crippen LogP contribution in [0.3, 0.4) is 0 Å². The number of nitriles is 1. The van der Waals surface area contributed by atoms with E-state index in [0.29, 0.717) is 11.1 Å². The maximum Gasteiger partial charge on any atom is 0.262 e. The quantitative estimate of drug-likeness (QED) is 0.599. The zero-order valence-corrected chi connectivity index (χ0v) is 9.90. The largest absolute Gasteiger partial charge is 0.504 e. The third-order valence-electron chi connectivity index (χ3n) is 2.64. The van der Waals surface area contributed by atoms with E-state index in [1.54, 1.807) is 0 Å². The Morgan fingerprint density at radius 1 is 1.25 bits per heavy atom. The molecule has 0 saturated carbocycles. The third kappa shape index (κ3) is 1.83. The number of hydrogen-bond acceptors (Lipinski definition) is 7. The highest BCUT2D eigenvalue weighted by atomic mass is 16.5. The number of hydrogen-bond donors (Lipinski definition) is 3. The molecule has 0 spiro atoms. The highest BCUT2D eigenvalue weighted by Gasteiger charge is 2.16. The van der Waals surface area contributed by atoms with Crippen LogP contribution in [0.25, 0.3) is 22.8 Å². The van der Waals surface area contributed by atoms with Gasteiger partial charge in [0.25, 0.3) is 5.89 Å². The van der Waals surface area contributed by atoms with E-state index in [2.05, 4.69) is 20.3 Å². The fraction of sp³-hybridized carbons (Fsp3) is 0. The van der Waals surface area contributed by atoms with E-state index >= 15 is 0 Å². The molecule has 20 heavy (non-hydrogen) atoms. The van der Waals surface area contributed by atoms with Crippen molar-refractivity contribution in [1.82, 2.24) is 20.3 Å². The van der Waals surface area contributed by atoms with Gasteiger partial charge in [-0.15, -0.1) is 0 Å². The molecule has 0 saturated heterocycles. The molecule has 3 aromatic rings. The Bertz CT molecular complexity index is 815. The lowest BCUT2D eigenvalue weighted by Gasteiger charge is -1.98. The Kier molecular flexibility index (Phi) is 2.58. The molecule has 0 atom stereocenters. The van der Waals surface area contributed by atoms with E-state index in [1.807, 2.05) is 6.07 Å². The molecular weight excluding hydrogens is 262 g/mol. The molecule has 0 fully saturated rings. The average Bonchev–Trinajstić information content (AvgIpc) is 3.09. The topological polar surface area (TPSA) is 132 Å². The molecule has 0 unspecified atom stereocenters. The fourth-order valence-corrected chi connectivity index (χ4v) is 1.65. The highest BCUT2D eigenvalue weighted by molar-refractivity contribution is 5.64. The predicted molar refractivity (Wildman–Crippen MR) is 65.4 cm³/mol. The van der Waals surface area contributed by atoms with Crippen LogP contribution in [0.5, 0.6) is 11.5 Å². The first-order valence-corrected chi connectivity index (χ1v) is 5.49. The van der Waals surface area contributed by atoms with Crippen LogP contribution in [-0.2, 0) is 0 Å². The smallest absolute Gasteiger partial charge is 0.262 e. The van der Waals surface area contributed by atoms with Gasteiger partial charge in [0.1, 0.15) is 11.8 Å². The molecule has 0 amide bonds. The van der Waals surface area contributed by atoms with Gasteiger partial charge in [0, 0.05) is 5.56 Å². The van der Waals surface area contributed by atoms with Gasteiger partial charge in [-0.05, 0) is 18.2 Å². The number of nitrogens with zero attached hydrogens (tertiary/aromatic N) is 4. The van der Waals surface area contributed by atoms with Gasteiger partial charge in [0.15, 0.2) is 11.5 Å². The normalized spacial score (nSPS) is 10.3. The van der Waals surface area contributed by atoms with Crippen molar-refractivity contribution in [2.75, 3.05) is 0 Å². The summed E-state index contributed by atoms with van der Waals surface area (Å²) in [4.78, 5) is 4.12. The number of phenolic OH excluding ortho intramolecular Hbond substituents is 2. The van der Waals surface area contributed by atoms with E-state index in [0.717, 1.165) is 0 Å². The van der Waals surface area contributed by atoms with Crippen LogP contribution >= 0.6 is 0 Å². The Balaban J connectivity index is 2.02.